The number of esters is 1. The Bertz CT molecular complexity index is 201. The van der Waals surface area contributed by atoms with Crippen LogP contribution in [0.4, 0.5) is 0 Å². The molecule has 0 N–H and O–H groups in total. The molecule has 1 heterocycles. The van der Waals surface area contributed by atoms with Crippen LogP contribution in [0.2, 0.25) is 0 Å². The Morgan fingerprint density at radius 1 is 1.25 bits per heavy atom. The van der Waals surface area contributed by atoms with Gasteiger partial charge in [-0.2, -0.15) is 0 Å². The standard InChI is InChI=1S/C14H26O2/c1-3-5-6-7-8-9-12(4-2)13-10-11-16-14(13)15/h12-13H,3-11H2,1-2H3. The summed E-state index contributed by atoms with van der Waals surface area (Å²) < 4.78 is 5.05. The molecule has 0 spiro atoms. The van der Waals surface area contributed by atoms with Gasteiger partial charge in [0.1, 0.15) is 0 Å². The summed E-state index contributed by atoms with van der Waals surface area (Å²) >= 11 is 0. The molecule has 1 fully saturated rings. The minimum absolute atomic E-state index is 0.0559. The van der Waals surface area contributed by atoms with Crippen molar-refractivity contribution in [2.45, 2.75) is 65.2 Å². The SMILES string of the molecule is CCCCCCCC(CC)C1CCOC1=O. The number of hydrogen-bond acceptors (Lipinski definition) is 2. The number of ether oxygens (including phenoxy) is 1. The van der Waals surface area contributed by atoms with Gasteiger partial charge in [0.25, 0.3) is 0 Å². The fourth-order valence-electron chi connectivity index (χ4n) is 2.64. The Hall–Kier alpha value is -0.530. The number of unbranched alkanes of at least 4 members (excludes halogenated alkanes) is 4. The van der Waals surface area contributed by atoms with Crippen molar-refractivity contribution in [3.63, 3.8) is 0 Å². The Morgan fingerprint density at radius 3 is 2.56 bits per heavy atom. The number of carbonyl (C=O) groups is 1. The van der Waals surface area contributed by atoms with E-state index in [-0.39, 0.29) is 11.9 Å². The lowest BCUT2D eigenvalue weighted by atomic mass is 9.85. The van der Waals surface area contributed by atoms with Crippen LogP contribution in [0.25, 0.3) is 0 Å². The third kappa shape index (κ3) is 4.15. The van der Waals surface area contributed by atoms with Crippen LogP contribution in [-0.4, -0.2) is 12.6 Å². The van der Waals surface area contributed by atoms with Gasteiger partial charge in [0, 0.05) is 0 Å². The van der Waals surface area contributed by atoms with Gasteiger partial charge in [0.2, 0.25) is 0 Å². The average Bonchev–Trinajstić information content (AvgIpc) is 2.70. The van der Waals surface area contributed by atoms with Gasteiger partial charge >= 0.3 is 5.97 Å². The third-order valence-corrected chi connectivity index (χ3v) is 3.75. The second kappa shape index (κ2) is 7.70. The molecule has 0 radical (unpaired) electrons. The maximum atomic E-state index is 11.5. The summed E-state index contributed by atoms with van der Waals surface area (Å²) in [6.45, 7) is 5.08. The maximum absolute atomic E-state index is 11.5. The molecule has 2 nitrogen and oxygen atoms in total. The first-order valence-electron chi connectivity index (χ1n) is 6.96. The van der Waals surface area contributed by atoms with Crippen LogP contribution < -0.4 is 0 Å². The minimum Gasteiger partial charge on any atom is -0.465 e. The fraction of sp³-hybridized carbons (Fsp3) is 0.929. The quantitative estimate of drug-likeness (QED) is 0.463. The van der Waals surface area contributed by atoms with Crippen molar-refractivity contribution in [3.8, 4) is 0 Å². The Balaban J connectivity index is 2.18. The first-order chi connectivity index (χ1) is 7.79. The predicted octanol–water partition coefficient (Wildman–Crippen LogP) is 3.94. The van der Waals surface area contributed by atoms with Crippen LogP contribution in [-0.2, 0) is 9.53 Å². The van der Waals surface area contributed by atoms with Crippen molar-refractivity contribution in [2.75, 3.05) is 6.61 Å². The van der Waals surface area contributed by atoms with Crippen molar-refractivity contribution in [3.05, 3.63) is 0 Å². The largest absolute Gasteiger partial charge is 0.465 e. The van der Waals surface area contributed by atoms with E-state index in [1.807, 2.05) is 0 Å². The molecule has 2 unspecified atom stereocenters. The summed E-state index contributed by atoms with van der Waals surface area (Å²) in [6, 6.07) is 0. The Kier molecular flexibility index (Phi) is 6.51. The number of cyclic esters (lactones) is 1. The van der Waals surface area contributed by atoms with Gasteiger partial charge in [0.15, 0.2) is 0 Å². The molecule has 16 heavy (non-hydrogen) atoms. The second-order valence-corrected chi connectivity index (χ2v) is 4.93. The summed E-state index contributed by atoms with van der Waals surface area (Å²) in [5.41, 5.74) is 0. The molecular weight excluding hydrogens is 200 g/mol. The van der Waals surface area contributed by atoms with Gasteiger partial charge in [-0.3, -0.25) is 4.79 Å². The molecule has 2 atom stereocenters. The highest BCUT2D eigenvalue weighted by Gasteiger charge is 2.32. The van der Waals surface area contributed by atoms with Crippen molar-refractivity contribution < 1.29 is 9.53 Å². The zero-order valence-corrected chi connectivity index (χ0v) is 10.8. The molecule has 0 saturated carbocycles. The third-order valence-electron chi connectivity index (χ3n) is 3.75. The smallest absolute Gasteiger partial charge is 0.309 e. The Labute approximate surface area is 99.8 Å². The summed E-state index contributed by atoms with van der Waals surface area (Å²) in [7, 11) is 0. The lowest BCUT2D eigenvalue weighted by Gasteiger charge is -2.18. The molecule has 0 amide bonds. The molecule has 1 rings (SSSR count). The van der Waals surface area contributed by atoms with Crippen LogP contribution in [0.3, 0.4) is 0 Å². The van der Waals surface area contributed by atoms with Crippen molar-refractivity contribution in [2.24, 2.45) is 11.8 Å². The maximum Gasteiger partial charge on any atom is 0.309 e. The summed E-state index contributed by atoms with van der Waals surface area (Å²) in [4.78, 5) is 11.5. The molecule has 0 aliphatic carbocycles. The molecule has 1 aliphatic heterocycles. The molecule has 0 aromatic carbocycles. The molecule has 2 heteroatoms. The van der Waals surface area contributed by atoms with Crippen molar-refractivity contribution in [1.29, 1.82) is 0 Å². The normalized spacial score (nSPS) is 22.1. The zero-order valence-electron chi connectivity index (χ0n) is 10.8. The summed E-state index contributed by atoms with van der Waals surface area (Å²) in [5, 5.41) is 0. The highest BCUT2D eigenvalue weighted by Crippen LogP contribution is 2.30. The van der Waals surface area contributed by atoms with Crippen LogP contribution in [0.15, 0.2) is 0 Å². The molecule has 0 aromatic heterocycles. The first-order valence-corrected chi connectivity index (χ1v) is 6.96. The summed E-state index contributed by atoms with van der Waals surface area (Å²) in [6.07, 6.45) is 9.88. The van der Waals surface area contributed by atoms with E-state index in [0.29, 0.717) is 12.5 Å². The lowest BCUT2D eigenvalue weighted by Crippen LogP contribution is -2.18. The molecule has 0 bridgehead atoms. The van der Waals surface area contributed by atoms with Crippen LogP contribution in [0, 0.1) is 11.8 Å². The van der Waals surface area contributed by atoms with E-state index in [1.165, 1.54) is 38.5 Å². The molecule has 94 valence electrons. The highest BCUT2D eigenvalue weighted by molar-refractivity contribution is 5.74. The van der Waals surface area contributed by atoms with Crippen LogP contribution >= 0.6 is 0 Å². The van der Waals surface area contributed by atoms with E-state index in [1.54, 1.807) is 0 Å². The van der Waals surface area contributed by atoms with E-state index < -0.39 is 0 Å². The van der Waals surface area contributed by atoms with E-state index in [2.05, 4.69) is 13.8 Å². The van der Waals surface area contributed by atoms with Crippen LogP contribution in [0.1, 0.15) is 65.2 Å². The molecular formula is C14H26O2. The van der Waals surface area contributed by atoms with Gasteiger partial charge in [0.05, 0.1) is 12.5 Å². The zero-order chi connectivity index (χ0) is 11.8. The number of hydrogen-bond donors (Lipinski definition) is 0. The topological polar surface area (TPSA) is 26.3 Å². The molecule has 1 aliphatic rings. The monoisotopic (exact) mass is 226 g/mol. The van der Waals surface area contributed by atoms with Gasteiger partial charge < -0.3 is 4.74 Å². The summed E-state index contributed by atoms with van der Waals surface area (Å²) in [5.74, 6) is 0.827. The van der Waals surface area contributed by atoms with Gasteiger partial charge in [-0.1, -0.05) is 52.4 Å². The molecule has 1 saturated heterocycles. The van der Waals surface area contributed by atoms with Gasteiger partial charge in [-0.25, -0.2) is 0 Å². The highest BCUT2D eigenvalue weighted by atomic mass is 16.5. The van der Waals surface area contributed by atoms with Gasteiger partial charge in [-0.05, 0) is 18.8 Å². The first kappa shape index (κ1) is 13.5. The van der Waals surface area contributed by atoms with Crippen molar-refractivity contribution >= 4 is 5.97 Å². The Morgan fingerprint density at radius 2 is 2.00 bits per heavy atom. The number of rotatable bonds is 8. The van der Waals surface area contributed by atoms with E-state index in [4.69, 9.17) is 4.74 Å². The van der Waals surface area contributed by atoms with Crippen LogP contribution in [0.5, 0.6) is 0 Å². The van der Waals surface area contributed by atoms with E-state index >= 15 is 0 Å². The predicted molar refractivity (Wildman–Crippen MR) is 66.2 cm³/mol. The van der Waals surface area contributed by atoms with Crippen molar-refractivity contribution in [1.82, 2.24) is 0 Å². The minimum atomic E-state index is 0.0559. The molecule has 0 aromatic rings. The average molecular weight is 226 g/mol. The number of carbonyl (C=O) groups excluding carboxylic acids is 1. The van der Waals surface area contributed by atoms with E-state index in [0.717, 1.165) is 12.8 Å². The lowest BCUT2D eigenvalue weighted by molar-refractivity contribution is -0.142. The second-order valence-electron chi connectivity index (χ2n) is 4.93. The fourth-order valence-corrected chi connectivity index (χ4v) is 2.64. The van der Waals surface area contributed by atoms with Gasteiger partial charge in [-0.15, -0.1) is 0 Å². The van der Waals surface area contributed by atoms with E-state index in [9.17, 15) is 4.79 Å².